The smallest absolute Gasteiger partial charge is 0.415 e. The molecule has 0 fully saturated rings. The van der Waals surface area contributed by atoms with E-state index in [0.717, 1.165) is 4.90 Å². The molecule has 2 aromatic heterocycles. The number of carbonyl (C=O) groups is 2. The predicted molar refractivity (Wildman–Crippen MR) is 151 cm³/mol. The Labute approximate surface area is 251 Å². The van der Waals surface area contributed by atoms with E-state index in [1.807, 2.05) is 12.1 Å². The first kappa shape index (κ1) is 34.2. The molecule has 0 saturated carbocycles. The minimum absolute atomic E-state index is 0.0265. The van der Waals surface area contributed by atoms with Crippen LogP contribution in [0.3, 0.4) is 0 Å². The van der Waals surface area contributed by atoms with Crippen LogP contribution in [0.1, 0.15) is 27.7 Å². The number of carbonyl (C=O) groups excluding carboxylic acids is 2. The van der Waals surface area contributed by atoms with Crippen molar-refractivity contribution in [2.45, 2.75) is 49.9 Å². The van der Waals surface area contributed by atoms with Crippen LogP contribution in [0.4, 0.5) is 5.95 Å². The Morgan fingerprint density at radius 2 is 1.58 bits per heavy atom. The number of nitrogens with zero attached hydrogens (tertiary/aromatic N) is 4. The third-order valence-electron chi connectivity index (χ3n) is 5.52. The molecule has 16 nitrogen and oxygen atoms in total. The Bertz CT molecular complexity index is 1420. The number of fused-ring (bicyclic) bond motifs is 1. The molecule has 0 radical (unpaired) electrons. The molecule has 3 aromatic rings. The van der Waals surface area contributed by atoms with Gasteiger partial charge in [-0.1, -0.05) is 39.5 Å². The molecule has 0 saturated heterocycles. The van der Waals surface area contributed by atoms with E-state index in [2.05, 4.69) is 15.0 Å². The Kier molecular flexibility index (Phi) is 11.9. The van der Waals surface area contributed by atoms with Gasteiger partial charge in [0.2, 0.25) is 5.95 Å². The lowest BCUT2D eigenvalue weighted by Crippen LogP contribution is -2.42. The Balaban J connectivity index is 1.80. The first-order valence-electron chi connectivity index (χ1n) is 12.9. The summed E-state index contributed by atoms with van der Waals surface area (Å²) in [7, 11) is -3.85. The maximum atomic E-state index is 12.6. The van der Waals surface area contributed by atoms with E-state index in [4.69, 9.17) is 34.2 Å². The highest BCUT2D eigenvalue weighted by Gasteiger charge is 2.53. The van der Waals surface area contributed by atoms with Crippen LogP contribution in [-0.4, -0.2) is 74.3 Å². The largest absolute Gasteiger partial charge is 0.497 e. The number of aromatic nitrogens is 4. The number of nitrogen functional groups attached to an aromatic ring is 1. The van der Waals surface area contributed by atoms with Gasteiger partial charge < -0.3 is 39.0 Å². The second-order valence-corrected chi connectivity index (χ2v) is 12.1. The van der Waals surface area contributed by atoms with Crippen LogP contribution in [0.5, 0.6) is 5.75 Å². The van der Waals surface area contributed by atoms with Crippen LogP contribution in [0.2, 0.25) is 0 Å². The molecule has 236 valence electrons. The summed E-state index contributed by atoms with van der Waals surface area (Å²) in [5, 5.41) is 0.475. The molecule has 0 aliphatic rings. The number of rotatable bonds is 16. The van der Waals surface area contributed by atoms with Gasteiger partial charge in [0.15, 0.2) is 19.2 Å². The topological polar surface area (TPSA) is 217 Å². The maximum Gasteiger partial charge on any atom is 0.415 e. The number of anilines is 1. The highest BCUT2D eigenvalue weighted by atomic mass is 32.2. The number of ether oxygens (including phenoxy) is 6. The van der Waals surface area contributed by atoms with E-state index in [-0.39, 0.29) is 12.5 Å². The van der Waals surface area contributed by atoms with Gasteiger partial charge in [0, 0.05) is 11.4 Å². The highest BCUT2D eigenvalue weighted by Crippen LogP contribution is 2.53. The minimum atomic E-state index is -5.42. The lowest BCUT2D eigenvalue weighted by Gasteiger charge is -2.32. The van der Waals surface area contributed by atoms with Crippen molar-refractivity contribution in [2.75, 3.05) is 33.0 Å². The summed E-state index contributed by atoms with van der Waals surface area (Å²) in [5.41, 5.74) is 3.62. The monoisotopic (exact) mass is 643 g/mol. The summed E-state index contributed by atoms with van der Waals surface area (Å²) < 4.78 is 44.8. The number of methoxy groups -OCH3 is 1. The average Bonchev–Trinajstić information content (AvgIpc) is 3.34. The first-order chi connectivity index (χ1) is 20.3. The lowest BCUT2D eigenvalue weighted by atomic mass is 10.2. The molecule has 0 bridgehead atoms. The van der Waals surface area contributed by atoms with Crippen LogP contribution < -0.4 is 10.5 Å². The molecule has 0 spiro atoms. The predicted octanol–water partition coefficient (Wildman–Crippen LogP) is 2.72. The number of imidazole rings is 1. The molecule has 0 unspecified atom stereocenters. The number of nitrogens with two attached hydrogens (primary N) is 1. The third-order valence-corrected chi connectivity index (χ3v) is 7.61. The summed E-state index contributed by atoms with van der Waals surface area (Å²) in [4.78, 5) is 57.8. The van der Waals surface area contributed by atoms with Crippen molar-refractivity contribution < 1.29 is 52.4 Å². The van der Waals surface area contributed by atoms with Crippen LogP contribution >= 0.6 is 19.4 Å². The minimum Gasteiger partial charge on any atom is -0.497 e. The summed E-state index contributed by atoms with van der Waals surface area (Å²) in [6.07, 6.45) is 1.43. The standard InChI is InChI=1S/C25H34N5O11PS/c1-15(2)22(31)37-13-40-25(42(33,34)35,41-14-38-23(32)16(3)4)39-11-10-30-12-27-19-20(30)28-24(26)29-21(19)43-18-8-6-17(36-5)7-9-18/h6-9,12,15-16H,10-11,13-14H2,1-5H3,(H2,26,28,29)(H2,33,34,35). The Morgan fingerprint density at radius 3 is 2.09 bits per heavy atom. The number of hydrogen-bond acceptors (Lipinski definition) is 14. The maximum absolute atomic E-state index is 12.6. The van der Waals surface area contributed by atoms with Gasteiger partial charge in [0.1, 0.15) is 16.3 Å². The van der Waals surface area contributed by atoms with Gasteiger partial charge in [0.05, 0.1) is 31.9 Å². The van der Waals surface area contributed by atoms with E-state index >= 15 is 0 Å². The van der Waals surface area contributed by atoms with Crippen LogP contribution in [0.25, 0.3) is 11.2 Å². The molecule has 2 heterocycles. The molecule has 0 aliphatic heterocycles. The zero-order valence-corrected chi connectivity index (χ0v) is 25.9. The zero-order valence-electron chi connectivity index (χ0n) is 24.2. The number of hydrogen-bond donors (Lipinski definition) is 3. The van der Waals surface area contributed by atoms with E-state index in [1.54, 1.807) is 46.9 Å². The van der Waals surface area contributed by atoms with Gasteiger partial charge in [-0.25, -0.2) is 9.97 Å². The fourth-order valence-corrected chi connectivity index (χ4v) is 4.81. The third kappa shape index (κ3) is 9.09. The molecular formula is C25H34N5O11PS. The second kappa shape index (κ2) is 14.9. The van der Waals surface area contributed by atoms with Gasteiger partial charge in [-0.05, 0) is 24.3 Å². The highest BCUT2D eigenvalue weighted by molar-refractivity contribution is 7.99. The molecular weight excluding hydrogens is 609 g/mol. The molecule has 4 N–H and O–H groups in total. The fourth-order valence-electron chi connectivity index (χ4n) is 3.23. The number of benzene rings is 1. The van der Waals surface area contributed by atoms with Gasteiger partial charge in [-0.3, -0.25) is 23.6 Å². The molecule has 3 rings (SSSR count). The summed E-state index contributed by atoms with van der Waals surface area (Å²) in [5.74, 6) is -1.82. The fraction of sp³-hybridized carbons (Fsp3) is 0.480. The van der Waals surface area contributed by atoms with Crippen molar-refractivity contribution >= 4 is 48.4 Å². The molecule has 0 aliphatic carbocycles. The van der Waals surface area contributed by atoms with Crippen molar-refractivity contribution in [1.29, 1.82) is 0 Å². The lowest BCUT2D eigenvalue weighted by molar-refractivity contribution is -0.366. The first-order valence-corrected chi connectivity index (χ1v) is 15.3. The quantitative estimate of drug-likeness (QED) is 0.0884. The Morgan fingerprint density at radius 1 is 1.00 bits per heavy atom. The zero-order chi connectivity index (χ0) is 31.8. The van der Waals surface area contributed by atoms with Crippen LogP contribution in [-0.2, 0) is 44.4 Å². The van der Waals surface area contributed by atoms with Crippen molar-refractivity contribution in [3.8, 4) is 5.75 Å². The van der Waals surface area contributed by atoms with E-state index in [9.17, 15) is 23.9 Å². The summed E-state index contributed by atoms with van der Waals surface area (Å²) in [6, 6.07) is 7.28. The van der Waals surface area contributed by atoms with Crippen molar-refractivity contribution in [1.82, 2.24) is 19.5 Å². The molecule has 1 aromatic carbocycles. The van der Waals surface area contributed by atoms with Crippen molar-refractivity contribution in [3.05, 3.63) is 30.6 Å². The molecule has 0 atom stereocenters. The van der Waals surface area contributed by atoms with Gasteiger partial charge in [-0.15, -0.1) is 0 Å². The molecule has 0 amide bonds. The van der Waals surface area contributed by atoms with E-state index < -0.39 is 57.3 Å². The van der Waals surface area contributed by atoms with Crippen molar-refractivity contribution in [3.63, 3.8) is 0 Å². The van der Waals surface area contributed by atoms with Crippen LogP contribution in [0, 0.1) is 11.8 Å². The summed E-state index contributed by atoms with van der Waals surface area (Å²) in [6.45, 7) is 3.89. The number of esters is 2. The Hall–Kier alpha value is -3.31. The molecule has 18 heteroatoms. The van der Waals surface area contributed by atoms with E-state index in [0.29, 0.717) is 21.9 Å². The molecule has 43 heavy (non-hydrogen) atoms. The van der Waals surface area contributed by atoms with Gasteiger partial charge in [-0.2, -0.15) is 4.98 Å². The van der Waals surface area contributed by atoms with Crippen LogP contribution in [0.15, 0.2) is 40.5 Å². The van der Waals surface area contributed by atoms with Gasteiger partial charge >= 0.3 is 25.2 Å². The van der Waals surface area contributed by atoms with E-state index in [1.165, 1.54) is 22.7 Å². The normalized spacial score (nSPS) is 12.2. The second-order valence-electron chi connectivity index (χ2n) is 9.45. The van der Waals surface area contributed by atoms with Crippen molar-refractivity contribution in [2.24, 2.45) is 11.8 Å². The SMILES string of the molecule is COc1ccc(Sc2nc(N)nc3c2ncn3CCOC(OCOC(=O)C(C)C)(OCOC(=O)C(C)C)P(=O)(O)O)cc1. The van der Waals surface area contributed by atoms with Gasteiger partial charge in [0.25, 0.3) is 0 Å². The summed E-state index contributed by atoms with van der Waals surface area (Å²) >= 11 is 1.30. The average molecular weight is 644 g/mol.